The lowest BCUT2D eigenvalue weighted by Crippen LogP contribution is -2.50. The molecule has 22 heavy (non-hydrogen) atoms. The first-order valence-corrected chi connectivity index (χ1v) is 7.07. The molecule has 2 aromatic rings. The Morgan fingerprint density at radius 3 is 2.36 bits per heavy atom. The quantitative estimate of drug-likeness (QED) is 0.715. The van der Waals surface area contributed by atoms with Crippen LogP contribution in [0.3, 0.4) is 0 Å². The fraction of sp³-hybridized carbons (Fsp3) is 0.125. The molecule has 6 heteroatoms. The number of phenolic OH excluding ortho intramolecular Hbond substituents is 1. The fourth-order valence-corrected chi connectivity index (χ4v) is 2.17. The van der Waals surface area contributed by atoms with Crippen LogP contribution >= 0.6 is 12.2 Å². The molecule has 5 nitrogen and oxygen atoms in total. The van der Waals surface area contributed by atoms with Crippen molar-refractivity contribution in [3.05, 3.63) is 60.2 Å². The maximum atomic E-state index is 11.2. The second kappa shape index (κ2) is 7.42. The SMILES string of the molecule is O=C([O-])[C@@H](Cc1ccc(O)cc1)NC(=S)Nc1ccccc1. The zero-order valence-corrected chi connectivity index (χ0v) is 12.5. The molecule has 114 valence electrons. The number of carbonyl (C=O) groups excluding carboxylic acids is 1. The van der Waals surface area contributed by atoms with E-state index in [1.54, 1.807) is 12.1 Å². The number of rotatable bonds is 5. The van der Waals surface area contributed by atoms with Crippen molar-refractivity contribution in [3.8, 4) is 5.75 Å². The molecule has 0 fully saturated rings. The number of hydrogen-bond donors (Lipinski definition) is 3. The van der Waals surface area contributed by atoms with Gasteiger partial charge in [-0.05, 0) is 48.5 Å². The van der Waals surface area contributed by atoms with Crippen molar-refractivity contribution in [3.63, 3.8) is 0 Å². The number of phenols is 1. The van der Waals surface area contributed by atoms with Crippen LogP contribution in [0.15, 0.2) is 54.6 Å². The van der Waals surface area contributed by atoms with Gasteiger partial charge < -0.3 is 25.6 Å². The Morgan fingerprint density at radius 2 is 1.77 bits per heavy atom. The van der Waals surface area contributed by atoms with E-state index in [0.29, 0.717) is 0 Å². The van der Waals surface area contributed by atoms with E-state index in [1.807, 2.05) is 30.3 Å². The Labute approximate surface area is 133 Å². The van der Waals surface area contributed by atoms with Crippen molar-refractivity contribution in [2.24, 2.45) is 0 Å². The van der Waals surface area contributed by atoms with Gasteiger partial charge in [-0.2, -0.15) is 0 Å². The topological polar surface area (TPSA) is 84.4 Å². The summed E-state index contributed by atoms with van der Waals surface area (Å²) in [6.07, 6.45) is 0.194. The molecule has 0 bridgehead atoms. The smallest absolute Gasteiger partial charge is 0.171 e. The number of aliphatic carboxylic acids is 1. The van der Waals surface area contributed by atoms with Crippen LogP contribution in [0.25, 0.3) is 0 Å². The van der Waals surface area contributed by atoms with Crippen molar-refractivity contribution in [1.82, 2.24) is 5.32 Å². The van der Waals surface area contributed by atoms with Crippen molar-refractivity contribution in [1.29, 1.82) is 0 Å². The Bertz CT molecular complexity index is 644. The molecule has 0 radical (unpaired) electrons. The maximum absolute atomic E-state index is 11.2. The van der Waals surface area contributed by atoms with Crippen molar-refractivity contribution in [2.75, 3.05) is 5.32 Å². The summed E-state index contributed by atoms with van der Waals surface area (Å²) in [5.41, 5.74) is 1.52. The first-order valence-electron chi connectivity index (χ1n) is 6.66. The summed E-state index contributed by atoms with van der Waals surface area (Å²) >= 11 is 5.12. The summed E-state index contributed by atoms with van der Waals surface area (Å²) < 4.78 is 0. The van der Waals surface area contributed by atoms with Gasteiger partial charge in [-0.3, -0.25) is 0 Å². The third-order valence-electron chi connectivity index (χ3n) is 3.00. The van der Waals surface area contributed by atoms with Crippen molar-refractivity contribution >= 4 is 29.0 Å². The third kappa shape index (κ3) is 4.75. The first kappa shape index (κ1) is 15.8. The number of nitrogens with one attached hydrogen (secondary N) is 2. The summed E-state index contributed by atoms with van der Waals surface area (Å²) in [5.74, 6) is -1.12. The van der Waals surface area contributed by atoms with E-state index in [1.165, 1.54) is 12.1 Å². The van der Waals surface area contributed by atoms with Crippen LogP contribution in [0.1, 0.15) is 5.56 Å². The maximum Gasteiger partial charge on any atom is 0.171 e. The van der Waals surface area contributed by atoms with Gasteiger partial charge in [0.25, 0.3) is 0 Å². The molecule has 0 unspecified atom stereocenters. The van der Waals surface area contributed by atoms with Crippen molar-refractivity contribution < 1.29 is 15.0 Å². The molecule has 0 aliphatic rings. The Morgan fingerprint density at radius 1 is 1.14 bits per heavy atom. The number of hydrogen-bond acceptors (Lipinski definition) is 4. The van der Waals surface area contributed by atoms with Gasteiger partial charge >= 0.3 is 0 Å². The van der Waals surface area contributed by atoms with Gasteiger partial charge in [0.2, 0.25) is 0 Å². The number of benzene rings is 2. The second-order valence-corrected chi connectivity index (χ2v) is 5.11. The highest BCUT2D eigenvalue weighted by atomic mass is 32.1. The number of anilines is 1. The van der Waals surface area contributed by atoms with E-state index in [4.69, 9.17) is 12.2 Å². The normalized spacial score (nSPS) is 11.5. The zero-order valence-electron chi connectivity index (χ0n) is 11.7. The van der Waals surface area contributed by atoms with Gasteiger partial charge in [-0.25, -0.2) is 0 Å². The molecular weight excluding hydrogens is 300 g/mol. The second-order valence-electron chi connectivity index (χ2n) is 4.71. The summed E-state index contributed by atoms with van der Waals surface area (Å²) in [4.78, 5) is 11.2. The largest absolute Gasteiger partial charge is 0.548 e. The predicted octanol–water partition coefficient (Wildman–Crippen LogP) is 1.04. The van der Waals surface area contributed by atoms with Crippen LogP contribution in [-0.4, -0.2) is 22.2 Å². The average molecular weight is 315 g/mol. The lowest BCUT2D eigenvalue weighted by Gasteiger charge is -2.22. The number of carbonyl (C=O) groups is 1. The molecule has 0 aliphatic carbocycles. The zero-order chi connectivity index (χ0) is 15.9. The molecule has 3 N–H and O–H groups in total. The summed E-state index contributed by atoms with van der Waals surface area (Å²) in [5, 5.41) is 26.3. The molecule has 2 rings (SSSR count). The van der Waals surface area contributed by atoms with E-state index in [0.717, 1.165) is 11.3 Å². The van der Waals surface area contributed by atoms with Gasteiger partial charge in [-0.15, -0.1) is 0 Å². The van der Waals surface area contributed by atoms with Crippen LogP contribution < -0.4 is 15.7 Å². The molecule has 0 saturated carbocycles. The lowest BCUT2D eigenvalue weighted by atomic mass is 10.1. The van der Waals surface area contributed by atoms with E-state index in [-0.39, 0.29) is 17.3 Å². The number of carboxylic acid groups (broad SMARTS) is 1. The third-order valence-corrected chi connectivity index (χ3v) is 3.22. The van der Waals surface area contributed by atoms with Crippen LogP contribution in [0, 0.1) is 0 Å². The summed E-state index contributed by atoms with van der Waals surface area (Å²) in [6.45, 7) is 0. The minimum atomic E-state index is -1.25. The van der Waals surface area contributed by atoms with E-state index in [9.17, 15) is 15.0 Å². The molecule has 0 amide bonds. The molecule has 0 aromatic heterocycles. The highest BCUT2D eigenvalue weighted by Gasteiger charge is 2.12. The summed E-state index contributed by atoms with van der Waals surface area (Å²) in [7, 11) is 0. The Kier molecular flexibility index (Phi) is 5.32. The monoisotopic (exact) mass is 315 g/mol. The van der Waals surface area contributed by atoms with Crippen LogP contribution in [0.2, 0.25) is 0 Å². The summed E-state index contributed by atoms with van der Waals surface area (Å²) in [6, 6.07) is 14.6. The molecule has 2 aromatic carbocycles. The fourth-order valence-electron chi connectivity index (χ4n) is 1.91. The van der Waals surface area contributed by atoms with Gasteiger partial charge in [0.15, 0.2) is 5.11 Å². The van der Waals surface area contributed by atoms with Gasteiger partial charge in [0, 0.05) is 5.69 Å². The molecule has 0 aliphatic heterocycles. The number of aromatic hydroxyl groups is 1. The molecule has 0 spiro atoms. The minimum Gasteiger partial charge on any atom is -0.548 e. The number of carboxylic acids is 1. The molecule has 0 heterocycles. The van der Waals surface area contributed by atoms with E-state index in [2.05, 4.69) is 10.6 Å². The highest BCUT2D eigenvalue weighted by Crippen LogP contribution is 2.11. The lowest BCUT2D eigenvalue weighted by molar-refractivity contribution is -0.308. The van der Waals surface area contributed by atoms with Crippen molar-refractivity contribution in [2.45, 2.75) is 12.5 Å². The van der Waals surface area contributed by atoms with Gasteiger partial charge in [0.1, 0.15) is 5.75 Å². The Balaban J connectivity index is 1.98. The van der Waals surface area contributed by atoms with Crippen LogP contribution in [0.4, 0.5) is 5.69 Å². The first-order chi connectivity index (χ1) is 10.5. The minimum absolute atomic E-state index is 0.128. The molecule has 1 atom stereocenters. The van der Waals surface area contributed by atoms with Crippen LogP contribution in [-0.2, 0) is 11.2 Å². The van der Waals surface area contributed by atoms with E-state index >= 15 is 0 Å². The van der Waals surface area contributed by atoms with Crippen LogP contribution in [0.5, 0.6) is 5.75 Å². The predicted molar refractivity (Wildman–Crippen MR) is 86.4 cm³/mol. The Hall–Kier alpha value is -2.60. The average Bonchev–Trinajstić information content (AvgIpc) is 2.49. The van der Waals surface area contributed by atoms with Gasteiger partial charge in [-0.1, -0.05) is 30.3 Å². The van der Waals surface area contributed by atoms with E-state index < -0.39 is 12.0 Å². The number of thiocarbonyl (C=S) groups is 1. The highest BCUT2D eigenvalue weighted by molar-refractivity contribution is 7.80. The molecular formula is C16H15N2O3S-. The molecule has 0 saturated heterocycles. The standard InChI is InChI=1S/C16H16N2O3S/c19-13-8-6-11(7-9-13)10-14(15(20)21)18-16(22)17-12-4-2-1-3-5-12/h1-9,14,19H,10H2,(H,20,21)(H2,17,18,22)/p-1/t14-/m1/s1. The number of para-hydroxylation sites is 1. The van der Waals surface area contributed by atoms with Gasteiger partial charge in [0.05, 0.1) is 12.0 Å².